The molecule has 2 aromatic carbocycles. The summed E-state index contributed by atoms with van der Waals surface area (Å²) in [6.45, 7) is 3.18. The molecule has 3 aromatic rings. The number of carbonyl (C=O) groups excluding carboxylic acids is 1. The molecule has 1 aromatic heterocycles. The normalized spacial score (nSPS) is 14.3. The lowest BCUT2D eigenvalue weighted by Gasteiger charge is -2.18. The molecule has 7 nitrogen and oxygen atoms in total. The van der Waals surface area contributed by atoms with Crippen molar-refractivity contribution < 1.29 is 13.2 Å². The molecule has 1 aliphatic carbocycles. The third-order valence-corrected chi connectivity index (χ3v) is 6.62. The van der Waals surface area contributed by atoms with E-state index in [2.05, 4.69) is 14.3 Å². The number of aryl methyl sites for hydroxylation is 1. The summed E-state index contributed by atoms with van der Waals surface area (Å²) in [4.78, 5) is 19.3. The van der Waals surface area contributed by atoms with Crippen molar-refractivity contribution in [1.82, 2.24) is 19.2 Å². The van der Waals surface area contributed by atoms with E-state index in [4.69, 9.17) is 0 Å². The second-order valence-electron chi connectivity index (χ2n) is 7.34. The molecule has 0 aliphatic heterocycles. The van der Waals surface area contributed by atoms with Crippen LogP contribution in [0.2, 0.25) is 0 Å². The van der Waals surface area contributed by atoms with Gasteiger partial charge >= 0.3 is 0 Å². The second kappa shape index (κ2) is 7.61. The van der Waals surface area contributed by atoms with Gasteiger partial charge in [0.25, 0.3) is 5.91 Å². The summed E-state index contributed by atoms with van der Waals surface area (Å²) in [5.74, 6) is 0.635. The molecule has 1 saturated carbocycles. The van der Waals surface area contributed by atoms with Crippen molar-refractivity contribution in [3.63, 3.8) is 0 Å². The number of benzene rings is 2. The number of nitrogens with zero attached hydrogens (tertiary/aromatic N) is 3. The maximum atomic E-state index is 12.8. The van der Waals surface area contributed by atoms with Crippen LogP contribution in [0.3, 0.4) is 0 Å². The minimum absolute atomic E-state index is 0.0465. The highest BCUT2D eigenvalue weighted by Crippen LogP contribution is 2.22. The number of hydrogen-bond donors (Lipinski definition) is 1. The maximum absolute atomic E-state index is 12.8. The largest absolute Gasteiger partial charge is 0.334 e. The van der Waals surface area contributed by atoms with Gasteiger partial charge in [-0.3, -0.25) is 4.79 Å². The van der Waals surface area contributed by atoms with E-state index in [1.54, 1.807) is 24.1 Å². The Morgan fingerprint density at radius 2 is 1.86 bits per heavy atom. The molecule has 1 aliphatic rings. The van der Waals surface area contributed by atoms with Gasteiger partial charge in [-0.05, 0) is 56.2 Å². The fourth-order valence-electron chi connectivity index (χ4n) is 3.37. The minimum Gasteiger partial charge on any atom is -0.334 e. The predicted molar refractivity (Wildman–Crippen MR) is 111 cm³/mol. The van der Waals surface area contributed by atoms with E-state index in [-0.39, 0.29) is 16.8 Å². The molecule has 1 heterocycles. The van der Waals surface area contributed by atoms with E-state index in [0.29, 0.717) is 12.1 Å². The van der Waals surface area contributed by atoms with Crippen molar-refractivity contribution >= 4 is 27.0 Å². The fourth-order valence-corrected chi connectivity index (χ4v) is 4.67. The van der Waals surface area contributed by atoms with Crippen LogP contribution in [0.5, 0.6) is 0 Å². The lowest BCUT2D eigenvalue weighted by Crippen LogP contribution is -2.28. The summed E-state index contributed by atoms with van der Waals surface area (Å²) in [7, 11) is -1.80. The molecule has 0 unspecified atom stereocenters. The number of carbonyl (C=O) groups is 1. The number of hydrogen-bond acceptors (Lipinski definition) is 4. The number of amides is 1. The highest BCUT2D eigenvalue weighted by molar-refractivity contribution is 7.89. The van der Waals surface area contributed by atoms with Crippen LogP contribution in [0.25, 0.3) is 11.0 Å². The standard InChI is InChI=1S/C21H24N4O3S/c1-3-25-19-7-5-4-6-18(19)22-20(25)14-24(2)21(26)15-8-12-17(13-9-15)29(27,28)23-16-10-11-16/h4-9,12-13,16,23H,3,10-11,14H2,1-2H3. The molecule has 29 heavy (non-hydrogen) atoms. The van der Waals surface area contributed by atoms with E-state index >= 15 is 0 Å². The summed E-state index contributed by atoms with van der Waals surface area (Å²) in [5.41, 5.74) is 2.39. The summed E-state index contributed by atoms with van der Waals surface area (Å²) >= 11 is 0. The first-order valence-corrected chi connectivity index (χ1v) is 11.2. The van der Waals surface area contributed by atoms with Crippen molar-refractivity contribution in [3.05, 3.63) is 59.9 Å². The van der Waals surface area contributed by atoms with Crippen molar-refractivity contribution in [1.29, 1.82) is 0 Å². The Morgan fingerprint density at radius 1 is 1.17 bits per heavy atom. The lowest BCUT2D eigenvalue weighted by atomic mass is 10.2. The molecule has 0 atom stereocenters. The predicted octanol–water partition coefficient (Wildman–Crippen LogP) is 2.77. The van der Waals surface area contributed by atoms with E-state index in [0.717, 1.165) is 36.2 Å². The Bertz CT molecular complexity index is 1150. The molecule has 1 N–H and O–H groups in total. The zero-order chi connectivity index (χ0) is 20.6. The second-order valence-corrected chi connectivity index (χ2v) is 9.06. The SMILES string of the molecule is CCn1c(CN(C)C(=O)c2ccc(S(=O)(=O)NC3CC3)cc2)nc2ccccc21. The number of fused-ring (bicyclic) bond motifs is 1. The highest BCUT2D eigenvalue weighted by atomic mass is 32.2. The Kier molecular flexibility index (Phi) is 5.14. The van der Waals surface area contributed by atoms with E-state index in [1.165, 1.54) is 12.1 Å². The summed E-state index contributed by atoms with van der Waals surface area (Å²) in [5, 5.41) is 0. The van der Waals surface area contributed by atoms with Crippen LogP contribution in [0.1, 0.15) is 35.9 Å². The highest BCUT2D eigenvalue weighted by Gasteiger charge is 2.28. The van der Waals surface area contributed by atoms with Gasteiger partial charge in [0, 0.05) is 25.2 Å². The zero-order valence-corrected chi connectivity index (χ0v) is 17.3. The molecule has 0 bridgehead atoms. The molecule has 1 amide bonds. The van der Waals surface area contributed by atoms with Gasteiger partial charge < -0.3 is 9.47 Å². The maximum Gasteiger partial charge on any atom is 0.254 e. The van der Waals surface area contributed by atoms with Crippen molar-refractivity contribution in [2.75, 3.05) is 7.05 Å². The van der Waals surface area contributed by atoms with Gasteiger partial charge in [0.2, 0.25) is 10.0 Å². The van der Waals surface area contributed by atoms with Gasteiger partial charge in [0.15, 0.2) is 0 Å². The minimum atomic E-state index is -3.52. The molecule has 8 heteroatoms. The van der Waals surface area contributed by atoms with E-state index in [9.17, 15) is 13.2 Å². The quantitative estimate of drug-likeness (QED) is 0.647. The van der Waals surface area contributed by atoms with Gasteiger partial charge in [-0.2, -0.15) is 0 Å². The average Bonchev–Trinajstić information content (AvgIpc) is 3.45. The Balaban J connectivity index is 1.51. The summed E-state index contributed by atoms with van der Waals surface area (Å²) in [6.07, 6.45) is 1.76. The van der Waals surface area contributed by atoms with Crippen molar-refractivity contribution in [3.8, 4) is 0 Å². The first-order valence-electron chi connectivity index (χ1n) is 9.71. The Labute approximate surface area is 170 Å². The monoisotopic (exact) mass is 412 g/mol. The Hall–Kier alpha value is -2.71. The van der Waals surface area contributed by atoms with E-state index < -0.39 is 10.0 Å². The molecule has 4 rings (SSSR count). The molecule has 0 spiro atoms. The number of sulfonamides is 1. The fraction of sp³-hybridized carbons (Fsp3) is 0.333. The molecule has 0 saturated heterocycles. The Morgan fingerprint density at radius 3 is 2.52 bits per heavy atom. The zero-order valence-electron chi connectivity index (χ0n) is 16.5. The number of nitrogens with one attached hydrogen (secondary N) is 1. The van der Waals surface area contributed by atoms with Gasteiger partial charge in [0.1, 0.15) is 5.82 Å². The van der Waals surface area contributed by atoms with Crippen LogP contribution >= 0.6 is 0 Å². The first kappa shape index (κ1) is 19.6. The molecular weight excluding hydrogens is 388 g/mol. The summed E-state index contributed by atoms with van der Waals surface area (Å²) in [6, 6.07) is 14.0. The van der Waals surface area contributed by atoms with Gasteiger partial charge in [0.05, 0.1) is 22.5 Å². The van der Waals surface area contributed by atoms with Gasteiger partial charge in [-0.25, -0.2) is 18.1 Å². The topological polar surface area (TPSA) is 84.3 Å². The van der Waals surface area contributed by atoms with Crippen LogP contribution in [0, 0.1) is 0 Å². The lowest BCUT2D eigenvalue weighted by molar-refractivity contribution is 0.0780. The smallest absolute Gasteiger partial charge is 0.254 e. The molecule has 152 valence electrons. The summed E-state index contributed by atoms with van der Waals surface area (Å²) < 4.78 is 29.3. The van der Waals surface area contributed by atoms with Gasteiger partial charge in [-0.15, -0.1) is 0 Å². The number of rotatable bonds is 7. The van der Waals surface area contributed by atoms with Gasteiger partial charge in [-0.1, -0.05) is 12.1 Å². The molecular formula is C21H24N4O3S. The number of para-hydroxylation sites is 2. The van der Waals surface area contributed by atoms with Crippen molar-refractivity contribution in [2.45, 2.75) is 43.8 Å². The van der Waals surface area contributed by atoms with Crippen molar-refractivity contribution in [2.24, 2.45) is 0 Å². The van der Waals surface area contributed by atoms with Crippen LogP contribution in [-0.2, 0) is 23.1 Å². The third kappa shape index (κ3) is 4.04. The van der Waals surface area contributed by atoms with E-state index in [1.807, 2.05) is 31.2 Å². The van der Waals surface area contributed by atoms with Crippen LogP contribution in [0.4, 0.5) is 0 Å². The molecule has 1 fully saturated rings. The first-order chi connectivity index (χ1) is 13.9. The average molecular weight is 413 g/mol. The van der Waals surface area contributed by atoms with Crippen LogP contribution < -0.4 is 4.72 Å². The number of imidazole rings is 1. The van der Waals surface area contributed by atoms with Crippen LogP contribution in [0.15, 0.2) is 53.4 Å². The molecule has 0 radical (unpaired) electrons. The van der Waals surface area contributed by atoms with Crippen LogP contribution in [-0.4, -0.2) is 41.9 Å². The third-order valence-electron chi connectivity index (χ3n) is 5.09. The number of aromatic nitrogens is 2.